The fraction of sp³-hybridized carbons (Fsp3) is 0.136. The van der Waals surface area contributed by atoms with Gasteiger partial charge in [0, 0.05) is 5.69 Å². The lowest BCUT2D eigenvalue weighted by molar-refractivity contribution is -0.132. The minimum Gasteiger partial charge on any atom is -0.477 e. The molecule has 7 nitrogen and oxygen atoms in total. The molecule has 1 aliphatic heterocycles. The van der Waals surface area contributed by atoms with E-state index in [1.807, 2.05) is 26.0 Å². The summed E-state index contributed by atoms with van der Waals surface area (Å²) in [5.41, 5.74) is 3.53. The van der Waals surface area contributed by atoms with Crippen LogP contribution in [-0.2, 0) is 4.79 Å². The van der Waals surface area contributed by atoms with E-state index >= 15 is 0 Å². The van der Waals surface area contributed by atoms with Crippen LogP contribution in [0.5, 0.6) is 0 Å². The van der Waals surface area contributed by atoms with Gasteiger partial charge in [-0.3, -0.25) is 4.79 Å². The standard InChI is InChI=1S/C22H19FN4O3/c1-12-3-8-16(9-13(12)2)25-21(28)17-11-24-27-19(14-4-6-15(23)7-5-14)10-18(22(29)30)26-20(17)27/h3-11,19,26H,1-2H3,(H,25,28)(H,29,30). The molecule has 8 heteroatoms. The van der Waals surface area contributed by atoms with Crippen molar-refractivity contribution in [1.82, 2.24) is 9.78 Å². The topological polar surface area (TPSA) is 96.3 Å². The third kappa shape index (κ3) is 3.55. The molecule has 0 radical (unpaired) electrons. The van der Waals surface area contributed by atoms with Gasteiger partial charge in [0.05, 0.1) is 12.2 Å². The third-order valence-corrected chi connectivity index (χ3v) is 5.09. The van der Waals surface area contributed by atoms with Crippen molar-refractivity contribution in [2.45, 2.75) is 19.9 Å². The highest BCUT2D eigenvalue weighted by Gasteiger charge is 2.29. The Morgan fingerprint density at radius 1 is 1.13 bits per heavy atom. The zero-order valence-electron chi connectivity index (χ0n) is 16.3. The van der Waals surface area contributed by atoms with Gasteiger partial charge in [0.1, 0.15) is 22.9 Å². The summed E-state index contributed by atoms with van der Waals surface area (Å²) in [6.45, 7) is 3.93. The maximum atomic E-state index is 13.3. The number of nitrogens with one attached hydrogen (secondary N) is 2. The lowest BCUT2D eigenvalue weighted by Crippen LogP contribution is -2.25. The summed E-state index contributed by atoms with van der Waals surface area (Å²) in [4.78, 5) is 24.5. The number of aryl methyl sites for hydroxylation is 2. The summed E-state index contributed by atoms with van der Waals surface area (Å²) in [6.07, 6.45) is 2.86. The van der Waals surface area contributed by atoms with Gasteiger partial charge < -0.3 is 15.7 Å². The summed E-state index contributed by atoms with van der Waals surface area (Å²) < 4.78 is 14.8. The Bertz CT molecular complexity index is 1180. The molecule has 1 amide bonds. The molecule has 1 aromatic heterocycles. The van der Waals surface area contributed by atoms with Crippen LogP contribution >= 0.6 is 0 Å². The fourth-order valence-corrected chi connectivity index (χ4v) is 3.30. The monoisotopic (exact) mass is 406 g/mol. The quantitative estimate of drug-likeness (QED) is 0.611. The van der Waals surface area contributed by atoms with Gasteiger partial charge in [-0.25, -0.2) is 13.9 Å². The van der Waals surface area contributed by atoms with Gasteiger partial charge in [0.15, 0.2) is 0 Å². The van der Waals surface area contributed by atoms with Gasteiger partial charge in [-0.15, -0.1) is 0 Å². The maximum Gasteiger partial charge on any atom is 0.352 e. The molecule has 30 heavy (non-hydrogen) atoms. The van der Waals surface area contributed by atoms with E-state index in [0.29, 0.717) is 11.3 Å². The van der Waals surface area contributed by atoms with Crippen LogP contribution in [0, 0.1) is 19.7 Å². The van der Waals surface area contributed by atoms with E-state index in [4.69, 9.17) is 0 Å². The number of hydrogen-bond acceptors (Lipinski definition) is 4. The average molecular weight is 406 g/mol. The van der Waals surface area contributed by atoms with Crippen molar-refractivity contribution in [3.63, 3.8) is 0 Å². The number of carbonyl (C=O) groups excluding carboxylic acids is 1. The van der Waals surface area contributed by atoms with Gasteiger partial charge in [-0.05, 0) is 60.9 Å². The lowest BCUT2D eigenvalue weighted by atomic mass is 10.0. The Morgan fingerprint density at radius 3 is 2.53 bits per heavy atom. The van der Waals surface area contributed by atoms with E-state index in [-0.39, 0.29) is 17.1 Å². The molecule has 152 valence electrons. The van der Waals surface area contributed by atoms with E-state index in [0.717, 1.165) is 11.1 Å². The number of hydrogen-bond donors (Lipinski definition) is 3. The molecule has 1 aliphatic rings. The first-order valence-electron chi connectivity index (χ1n) is 9.27. The molecule has 1 unspecified atom stereocenters. The van der Waals surface area contributed by atoms with E-state index in [2.05, 4.69) is 15.7 Å². The van der Waals surface area contributed by atoms with Crippen LogP contribution in [-0.4, -0.2) is 26.8 Å². The molecule has 2 aromatic carbocycles. The van der Waals surface area contributed by atoms with Crippen molar-refractivity contribution in [2.24, 2.45) is 0 Å². The molecule has 0 spiro atoms. The van der Waals surface area contributed by atoms with Crippen LogP contribution in [0.3, 0.4) is 0 Å². The fourth-order valence-electron chi connectivity index (χ4n) is 3.30. The van der Waals surface area contributed by atoms with Crippen molar-refractivity contribution in [3.8, 4) is 0 Å². The second-order valence-corrected chi connectivity index (χ2v) is 7.11. The molecule has 0 saturated carbocycles. The Kier molecular flexibility index (Phi) is 4.83. The predicted octanol–water partition coefficient (Wildman–Crippen LogP) is 3.87. The van der Waals surface area contributed by atoms with Crippen LogP contribution in [0.1, 0.15) is 33.1 Å². The van der Waals surface area contributed by atoms with E-state index in [9.17, 15) is 19.1 Å². The zero-order chi connectivity index (χ0) is 21.4. The highest BCUT2D eigenvalue weighted by molar-refractivity contribution is 6.08. The molecule has 4 rings (SSSR count). The molecule has 2 heterocycles. The Labute approximate surface area is 171 Å². The number of aromatic nitrogens is 2. The van der Waals surface area contributed by atoms with E-state index in [1.54, 1.807) is 18.2 Å². The number of nitrogens with zero attached hydrogens (tertiary/aromatic N) is 2. The molecule has 1 atom stereocenters. The van der Waals surface area contributed by atoms with Crippen LogP contribution in [0.2, 0.25) is 0 Å². The number of rotatable bonds is 4. The number of fused-ring (bicyclic) bond motifs is 1. The van der Waals surface area contributed by atoms with Crippen LogP contribution in [0.25, 0.3) is 0 Å². The van der Waals surface area contributed by atoms with Gasteiger partial charge in [0.2, 0.25) is 0 Å². The van der Waals surface area contributed by atoms with Gasteiger partial charge in [-0.2, -0.15) is 5.10 Å². The molecule has 0 aliphatic carbocycles. The first-order valence-corrected chi connectivity index (χ1v) is 9.27. The first kappa shape index (κ1) is 19.4. The summed E-state index contributed by atoms with van der Waals surface area (Å²) >= 11 is 0. The zero-order valence-corrected chi connectivity index (χ0v) is 16.3. The number of aliphatic carboxylic acids is 1. The minimum absolute atomic E-state index is 0.0856. The normalized spacial score (nSPS) is 15.0. The second kappa shape index (κ2) is 7.47. The lowest BCUT2D eigenvalue weighted by Gasteiger charge is -2.24. The number of carbonyl (C=O) groups is 2. The Hall–Kier alpha value is -3.94. The minimum atomic E-state index is -1.17. The Balaban J connectivity index is 1.70. The Morgan fingerprint density at radius 2 is 1.87 bits per heavy atom. The van der Waals surface area contributed by atoms with E-state index in [1.165, 1.54) is 29.1 Å². The maximum absolute atomic E-state index is 13.3. The van der Waals surface area contributed by atoms with Crippen molar-refractivity contribution in [1.29, 1.82) is 0 Å². The van der Waals surface area contributed by atoms with Gasteiger partial charge in [0.25, 0.3) is 5.91 Å². The molecular formula is C22H19FN4O3. The van der Waals surface area contributed by atoms with Crippen LogP contribution < -0.4 is 10.6 Å². The molecule has 0 bridgehead atoms. The average Bonchev–Trinajstić information content (AvgIpc) is 3.15. The summed E-state index contributed by atoms with van der Waals surface area (Å²) in [7, 11) is 0. The van der Waals surface area contributed by atoms with Crippen molar-refractivity contribution >= 4 is 23.4 Å². The number of carboxylic acids is 1. The number of allylic oxidation sites excluding steroid dienone is 1. The van der Waals surface area contributed by atoms with Crippen LogP contribution in [0.4, 0.5) is 15.9 Å². The van der Waals surface area contributed by atoms with Crippen molar-refractivity contribution < 1.29 is 19.1 Å². The number of halogens is 1. The molecule has 0 fully saturated rings. The number of benzene rings is 2. The summed E-state index contributed by atoms with van der Waals surface area (Å²) in [6, 6.07) is 10.7. The molecular weight excluding hydrogens is 387 g/mol. The highest BCUT2D eigenvalue weighted by Crippen LogP contribution is 2.32. The number of anilines is 2. The SMILES string of the molecule is Cc1ccc(NC(=O)c2cnn3c2NC(C(=O)O)=CC3c2ccc(F)cc2)cc1C. The van der Waals surface area contributed by atoms with Crippen molar-refractivity contribution in [2.75, 3.05) is 10.6 Å². The van der Waals surface area contributed by atoms with E-state index < -0.39 is 23.7 Å². The predicted molar refractivity (Wildman–Crippen MR) is 110 cm³/mol. The van der Waals surface area contributed by atoms with Crippen molar-refractivity contribution in [3.05, 3.63) is 88.5 Å². The summed E-state index contributed by atoms with van der Waals surface area (Å²) in [5, 5.41) is 19.4. The van der Waals surface area contributed by atoms with Gasteiger partial charge in [-0.1, -0.05) is 18.2 Å². The van der Waals surface area contributed by atoms with Gasteiger partial charge >= 0.3 is 5.97 Å². The highest BCUT2D eigenvalue weighted by atomic mass is 19.1. The largest absolute Gasteiger partial charge is 0.477 e. The smallest absolute Gasteiger partial charge is 0.352 e. The molecule has 3 N–H and O–H groups in total. The first-order chi connectivity index (χ1) is 14.3. The third-order valence-electron chi connectivity index (χ3n) is 5.09. The number of amides is 1. The second-order valence-electron chi connectivity index (χ2n) is 7.11. The van der Waals surface area contributed by atoms with Crippen LogP contribution in [0.15, 0.2) is 60.4 Å². The molecule has 3 aromatic rings. The molecule has 0 saturated heterocycles. The number of carboxylic acid groups (broad SMARTS) is 1. The summed E-state index contributed by atoms with van der Waals surface area (Å²) in [5.74, 6) is -1.73.